The highest BCUT2D eigenvalue weighted by atomic mass is 16.5. The van der Waals surface area contributed by atoms with E-state index in [1.807, 2.05) is 0 Å². The first kappa shape index (κ1) is 31.4. The Morgan fingerprint density at radius 2 is 0.781 bits per heavy atom. The van der Waals surface area contributed by atoms with E-state index >= 15 is 0 Å². The summed E-state index contributed by atoms with van der Waals surface area (Å²) in [5.41, 5.74) is 5.46. The molecule has 0 aliphatic rings. The van der Waals surface area contributed by atoms with Gasteiger partial charge in [0.15, 0.2) is 0 Å². The lowest BCUT2D eigenvalue weighted by Gasteiger charge is -2.07. The van der Waals surface area contributed by atoms with Gasteiger partial charge in [-0.2, -0.15) is 0 Å². The van der Waals surface area contributed by atoms with E-state index in [9.17, 15) is 4.79 Å². The Kier molecular flexibility index (Phi) is 26.2. The predicted octanol–water partition coefficient (Wildman–Crippen LogP) is 9.26. The summed E-state index contributed by atoms with van der Waals surface area (Å²) in [6.07, 6.45) is 33.5. The number of rotatable bonds is 26. The van der Waals surface area contributed by atoms with Gasteiger partial charge in [0.2, 0.25) is 0 Å². The summed E-state index contributed by atoms with van der Waals surface area (Å²) in [7, 11) is 0. The van der Waals surface area contributed by atoms with Gasteiger partial charge in [-0.3, -0.25) is 4.79 Å². The second kappa shape index (κ2) is 26.7. The molecule has 0 bridgehead atoms. The van der Waals surface area contributed by atoms with Gasteiger partial charge in [0.1, 0.15) is 6.04 Å². The van der Waals surface area contributed by atoms with Crippen molar-refractivity contribution in [3.63, 3.8) is 0 Å². The first-order valence-electron chi connectivity index (χ1n) is 14.6. The van der Waals surface area contributed by atoms with E-state index in [1.54, 1.807) is 6.92 Å². The third-order valence-electron chi connectivity index (χ3n) is 6.61. The zero-order valence-corrected chi connectivity index (χ0v) is 22.1. The van der Waals surface area contributed by atoms with Gasteiger partial charge in [-0.1, -0.05) is 155 Å². The number of unbranched alkanes of at least 4 members (excludes halogenated alkanes) is 23. The summed E-state index contributed by atoms with van der Waals surface area (Å²) < 4.78 is 5.09. The first-order chi connectivity index (χ1) is 15.7. The Labute approximate surface area is 202 Å². The van der Waals surface area contributed by atoms with Crippen molar-refractivity contribution in [2.45, 2.75) is 174 Å². The van der Waals surface area contributed by atoms with E-state index in [0.717, 1.165) is 12.8 Å². The van der Waals surface area contributed by atoms with Crippen molar-refractivity contribution in [1.82, 2.24) is 0 Å². The van der Waals surface area contributed by atoms with Gasteiger partial charge in [-0.15, -0.1) is 0 Å². The summed E-state index contributed by atoms with van der Waals surface area (Å²) in [5.74, 6) is -0.279. The fourth-order valence-corrected chi connectivity index (χ4v) is 4.37. The first-order valence-corrected chi connectivity index (χ1v) is 14.6. The lowest BCUT2D eigenvalue weighted by atomic mass is 10.0. The SMILES string of the molecule is CCCCCCCCCCCCCCCCCCCCCCCCCCOC(=O)[C@H](C)N. The Balaban J connectivity index is 3.04. The Bertz CT molecular complexity index is 370. The number of ether oxygens (including phenoxy) is 1. The summed E-state index contributed by atoms with van der Waals surface area (Å²) in [6, 6.07) is -0.496. The van der Waals surface area contributed by atoms with Crippen LogP contribution in [0, 0.1) is 0 Å². The van der Waals surface area contributed by atoms with E-state index < -0.39 is 6.04 Å². The zero-order valence-electron chi connectivity index (χ0n) is 22.1. The molecule has 0 aromatic carbocycles. The second-order valence-corrected chi connectivity index (χ2v) is 10.1. The molecule has 0 aliphatic heterocycles. The Morgan fingerprint density at radius 3 is 1.03 bits per heavy atom. The van der Waals surface area contributed by atoms with Crippen LogP contribution in [0.2, 0.25) is 0 Å². The van der Waals surface area contributed by atoms with Gasteiger partial charge in [-0.25, -0.2) is 0 Å². The normalized spacial score (nSPS) is 12.2. The van der Waals surface area contributed by atoms with Crippen molar-refractivity contribution in [2.75, 3.05) is 6.61 Å². The van der Waals surface area contributed by atoms with E-state index in [4.69, 9.17) is 10.5 Å². The highest BCUT2D eigenvalue weighted by molar-refractivity contribution is 5.74. The smallest absolute Gasteiger partial charge is 0.322 e. The molecule has 0 aliphatic carbocycles. The summed E-state index contributed by atoms with van der Waals surface area (Å²) in [6.45, 7) is 4.49. The number of carbonyl (C=O) groups excluding carboxylic acids is 1. The zero-order chi connectivity index (χ0) is 23.5. The maximum atomic E-state index is 11.2. The summed E-state index contributed by atoms with van der Waals surface area (Å²) in [4.78, 5) is 11.2. The number of hydrogen-bond donors (Lipinski definition) is 1. The molecule has 0 fully saturated rings. The number of esters is 1. The van der Waals surface area contributed by atoms with Crippen LogP contribution in [0.3, 0.4) is 0 Å². The van der Waals surface area contributed by atoms with Crippen molar-refractivity contribution in [3.05, 3.63) is 0 Å². The largest absolute Gasteiger partial charge is 0.465 e. The molecule has 0 heterocycles. The van der Waals surface area contributed by atoms with Crippen molar-refractivity contribution in [3.8, 4) is 0 Å². The van der Waals surface area contributed by atoms with Crippen molar-refractivity contribution < 1.29 is 9.53 Å². The minimum Gasteiger partial charge on any atom is -0.465 e. The van der Waals surface area contributed by atoms with Crippen LogP contribution in [0.4, 0.5) is 0 Å². The minimum absolute atomic E-state index is 0.279. The third-order valence-corrected chi connectivity index (χ3v) is 6.61. The van der Waals surface area contributed by atoms with Crippen LogP contribution in [0.25, 0.3) is 0 Å². The van der Waals surface area contributed by atoms with Crippen molar-refractivity contribution in [2.24, 2.45) is 5.73 Å². The quantitative estimate of drug-likeness (QED) is 0.105. The van der Waals surface area contributed by atoms with Gasteiger partial charge in [-0.05, 0) is 13.3 Å². The lowest BCUT2D eigenvalue weighted by molar-refractivity contribution is -0.144. The molecule has 0 amide bonds. The third kappa shape index (κ3) is 25.7. The van der Waals surface area contributed by atoms with E-state index in [-0.39, 0.29) is 5.97 Å². The van der Waals surface area contributed by atoms with E-state index in [2.05, 4.69) is 6.92 Å². The molecule has 0 unspecified atom stereocenters. The molecule has 0 radical (unpaired) electrons. The molecule has 2 N–H and O–H groups in total. The van der Waals surface area contributed by atoms with Gasteiger partial charge in [0.05, 0.1) is 6.61 Å². The molecule has 3 nitrogen and oxygen atoms in total. The van der Waals surface area contributed by atoms with Crippen molar-refractivity contribution >= 4 is 5.97 Å². The van der Waals surface area contributed by atoms with Crippen molar-refractivity contribution in [1.29, 1.82) is 0 Å². The van der Waals surface area contributed by atoms with Gasteiger partial charge < -0.3 is 10.5 Å². The average molecular weight is 454 g/mol. The molecule has 0 saturated heterocycles. The van der Waals surface area contributed by atoms with E-state index in [0.29, 0.717) is 6.61 Å². The molecule has 0 saturated carbocycles. The fourth-order valence-electron chi connectivity index (χ4n) is 4.37. The maximum absolute atomic E-state index is 11.2. The van der Waals surface area contributed by atoms with Crippen LogP contribution in [-0.2, 0) is 9.53 Å². The molecule has 1 atom stereocenters. The molecule has 3 heteroatoms. The number of carbonyl (C=O) groups is 1. The van der Waals surface area contributed by atoms with E-state index in [1.165, 1.54) is 141 Å². The molecular weight excluding hydrogens is 394 g/mol. The van der Waals surface area contributed by atoms with Crippen LogP contribution in [0.15, 0.2) is 0 Å². The van der Waals surface area contributed by atoms with Gasteiger partial charge in [0.25, 0.3) is 0 Å². The fraction of sp³-hybridized carbons (Fsp3) is 0.966. The van der Waals surface area contributed by atoms with Crippen LogP contribution in [0.5, 0.6) is 0 Å². The molecule has 0 aromatic heterocycles. The highest BCUT2D eigenvalue weighted by Crippen LogP contribution is 2.15. The lowest BCUT2D eigenvalue weighted by Crippen LogP contribution is -2.28. The summed E-state index contributed by atoms with van der Waals surface area (Å²) >= 11 is 0. The van der Waals surface area contributed by atoms with Crippen LogP contribution >= 0.6 is 0 Å². The molecule has 192 valence electrons. The summed E-state index contributed by atoms with van der Waals surface area (Å²) in [5, 5.41) is 0. The standard InChI is InChI=1S/C29H59NO2/c1-3-4-5-6-7-8-9-10-11-12-13-14-15-16-17-18-19-20-21-22-23-24-25-26-27-32-29(31)28(2)30/h28H,3-27,30H2,1-2H3/t28-/m0/s1. The number of hydrogen-bond acceptors (Lipinski definition) is 3. The maximum Gasteiger partial charge on any atom is 0.322 e. The Hall–Kier alpha value is -0.570. The monoisotopic (exact) mass is 453 g/mol. The van der Waals surface area contributed by atoms with Crippen LogP contribution in [-0.4, -0.2) is 18.6 Å². The Morgan fingerprint density at radius 1 is 0.531 bits per heavy atom. The molecule has 0 rings (SSSR count). The molecule has 0 spiro atoms. The average Bonchev–Trinajstić information content (AvgIpc) is 2.78. The molecular formula is C29H59NO2. The highest BCUT2D eigenvalue weighted by Gasteiger charge is 2.07. The topological polar surface area (TPSA) is 52.3 Å². The van der Waals surface area contributed by atoms with Gasteiger partial charge in [0, 0.05) is 0 Å². The number of nitrogens with two attached hydrogens (primary N) is 1. The molecule has 32 heavy (non-hydrogen) atoms. The minimum atomic E-state index is -0.496. The van der Waals surface area contributed by atoms with Gasteiger partial charge >= 0.3 is 5.97 Å². The van der Waals surface area contributed by atoms with Crippen LogP contribution < -0.4 is 5.73 Å². The van der Waals surface area contributed by atoms with Crippen LogP contribution in [0.1, 0.15) is 168 Å². The molecule has 0 aromatic rings. The second-order valence-electron chi connectivity index (χ2n) is 10.1. The predicted molar refractivity (Wildman–Crippen MR) is 141 cm³/mol.